The van der Waals surface area contributed by atoms with Crippen LogP contribution >= 0.6 is 0 Å². The van der Waals surface area contributed by atoms with Crippen molar-refractivity contribution < 1.29 is 19.4 Å². The number of nitrogens with zero attached hydrogens (tertiary/aromatic N) is 1. The maximum absolute atomic E-state index is 12.3. The first-order chi connectivity index (χ1) is 11.2. The van der Waals surface area contributed by atoms with Crippen molar-refractivity contribution >= 4 is 12.0 Å². The number of carbonyl (C=O) groups is 2. The number of aryl methyl sites for hydroxylation is 1. The number of ether oxygens (including phenoxy) is 1. The van der Waals surface area contributed by atoms with Gasteiger partial charge in [0.1, 0.15) is 11.4 Å². The van der Waals surface area contributed by atoms with Gasteiger partial charge in [0.15, 0.2) is 0 Å². The minimum absolute atomic E-state index is 0.0102. The summed E-state index contributed by atoms with van der Waals surface area (Å²) in [6.45, 7) is 8.38. The fourth-order valence-electron chi connectivity index (χ4n) is 3.43. The second kappa shape index (κ2) is 5.69. The number of amides is 2. The molecule has 0 saturated carbocycles. The number of likely N-dealkylation sites (tertiary alicyclic amines) is 1. The van der Waals surface area contributed by atoms with Gasteiger partial charge < -0.3 is 20.1 Å². The Morgan fingerprint density at radius 3 is 2.71 bits per heavy atom. The highest BCUT2D eigenvalue weighted by atomic mass is 16.6. The number of nitrogens with one attached hydrogen (secondary N) is 1. The van der Waals surface area contributed by atoms with Crippen LogP contribution in [-0.4, -0.2) is 46.7 Å². The third-order valence-electron chi connectivity index (χ3n) is 4.53. The van der Waals surface area contributed by atoms with E-state index in [1.807, 2.05) is 33.8 Å². The van der Waals surface area contributed by atoms with E-state index in [0.29, 0.717) is 18.7 Å². The van der Waals surface area contributed by atoms with Crippen LogP contribution in [0.25, 0.3) is 0 Å². The van der Waals surface area contributed by atoms with Gasteiger partial charge in [-0.05, 0) is 44.4 Å². The van der Waals surface area contributed by atoms with Crippen LogP contribution in [-0.2, 0) is 11.2 Å². The van der Waals surface area contributed by atoms with Crippen LogP contribution in [0.15, 0.2) is 12.1 Å². The highest BCUT2D eigenvalue weighted by molar-refractivity contribution is 6.00. The van der Waals surface area contributed by atoms with Gasteiger partial charge in [0, 0.05) is 19.0 Å². The molecule has 0 spiro atoms. The van der Waals surface area contributed by atoms with Crippen molar-refractivity contribution in [1.82, 2.24) is 10.2 Å². The minimum atomic E-state index is -0.556. The van der Waals surface area contributed by atoms with Gasteiger partial charge in [0.05, 0.1) is 11.6 Å². The van der Waals surface area contributed by atoms with E-state index in [1.54, 1.807) is 11.0 Å². The number of phenols is 1. The molecule has 2 amide bonds. The van der Waals surface area contributed by atoms with Crippen LogP contribution < -0.4 is 5.32 Å². The van der Waals surface area contributed by atoms with Crippen molar-refractivity contribution in [3.05, 3.63) is 28.8 Å². The zero-order valence-corrected chi connectivity index (χ0v) is 14.5. The smallest absolute Gasteiger partial charge is 0.410 e. The van der Waals surface area contributed by atoms with E-state index in [2.05, 4.69) is 5.32 Å². The monoisotopic (exact) mass is 332 g/mol. The Morgan fingerprint density at radius 2 is 2.08 bits per heavy atom. The van der Waals surface area contributed by atoms with E-state index in [1.165, 1.54) is 0 Å². The maximum atomic E-state index is 12.3. The van der Waals surface area contributed by atoms with E-state index in [4.69, 9.17) is 4.74 Å². The fraction of sp³-hybridized carbons (Fsp3) is 0.556. The lowest BCUT2D eigenvalue weighted by Gasteiger charge is -2.28. The Balaban J connectivity index is 1.90. The predicted molar refractivity (Wildman–Crippen MR) is 89.3 cm³/mol. The lowest BCUT2D eigenvalue weighted by atomic mass is 9.84. The molecule has 6 nitrogen and oxygen atoms in total. The van der Waals surface area contributed by atoms with E-state index < -0.39 is 5.60 Å². The van der Waals surface area contributed by atoms with Crippen molar-refractivity contribution in [3.8, 4) is 5.75 Å². The average molecular weight is 332 g/mol. The highest BCUT2D eigenvalue weighted by Gasteiger charge is 2.44. The van der Waals surface area contributed by atoms with Crippen molar-refractivity contribution in [2.45, 2.75) is 51.7 Å². The van der Waals surface area contributed by atoms with Crippen LogP contribution in [0.1, 0.15) is 55.1 Å². The number of phenolic OH excluding ortho intramolecular Hbond substituents is 1. The summed E-state index contributed by atoms with van der Waals surface area (Å²) in [7, 11) is 0. The average Bonchev–Trinajstić information content (AvgIpc) is 2.89. The topological polar surface area (TPSA) is 78.9 Å². The largest absolute Gasteiger partial charge is 0.507 e. The molecule has 6 heteroatoms. The van der Waals surface area contributed by atoms with Gasteiger partial charge in [-0.15, -0.1) is 0 Å². The van der Waals surface area contributed by atoms with Crippen molar-refractivity contribution in [3.63, 3.8) is 0 Å². The summed E-state index contributed by atoms with van der Waals surface area (Å²) in [4.78, 5) is 26.3. The highest BCUT2D eigenvalue weighted by Crippen LogP contribution is 2.38. The van der Waals surface area contributed by atoms with Gasteiger partial charge in [-0.1, -0.05) is 13.0 Å². The Hall–Kier alpha value is -2.24. The summed E-state index contributed by atoms with van der Waals surface area (Å²) in [5, 5.41) is 13.1. The van der Waals surface area contributed by atoms with Crippen LogP contribution in [0.5, 0.6) is 5.75 Å². The Labute approximate surface area is 141 Å². The fourth-order valence-corrected chi connectivity index (χ4v) is 3.43. The third-order valence-corrected chi connectivity index (χ3v) is 4.53. The minimum Gasteiger partial charge on any atom is -0.507 e. The molecule has 2 N–H and O–H groups in total. The molecule has 1 saturated heterocycles. The van der Waals surface area contributed by atoms with E-state index in [9.17, 15) is 14.7 Å². The van der Waals surface area contributed by atoms with Crippen molar-refractivity contribution in [2.75, 3.05) is 13.1 Å². The normalized spacial score (nSPS) is 22.7. The summed E-state index contributed by atoms with van der Waals surface area (Å²) in [5.41, 5.74) is 1.58. The molecule has 130 valence electrons. The van der Waals surface area contributed by atoms with Gasteiger partial charge in [0.2, 0.25) is 0 Å². The van der Waals surface area contributed by atoms with Crippen LogP contribution in [0.4, 0.5) is 4.79 Å². The summed E-state index contributed by atoms with van der Waals surface area (Å²) in [5.74, 6) is -0.295. The molecule has 0 unspecified atom stereocenters. The molecule has 0 aromatic heterocycles. The number of carbonyl (C=O) groups excluding carboxylic acids is 2. The van der Waals surface area contributed by atoms with Crippen LogP contribution in [0.2, 0.25) is 0 Å². The molecule has 0 aliphatic carbocycles. The molecular weight excluding hydrogens is 308 g/mol. The number of fused-ring (bicyclic) bond motifs is 3. The molecule has 1 aromatic rings. The first-order valence-corrected chi connectivity index (χ1v) is 8.34. The summed E-state index contributed by atoms with van der Waals surface area (Å²) < 4.78 is 5.44. The summed E-state index contributed by atoms with van der Waals surface area (Å²) >= 11 is 0. The zero-order valence-electron chi connectivity index (χ0n) is 14.5. The Kier molecular flexibility index (Phi) is 3.94. The predicted octanol–water partition coefficient (Wildman–Crippen LogP) is 2.40. The van der Waals surface area contributed by atoms with Gasteiger partial charge in [-0.3, -0.25) is 4.79 Å². The Bertz CT molecular complexity index is 693. The molecule has 0 radical (unpaired) electrons. The van der Waals surface area contributed by atoms with Crippen molar-refractivity contribution in [1.29, 1.82) is 0 Å². The van der Waals surface area contributed by atoms with Crippen LogP contribution in [0.3, 0.4) is 0 Å². The van der Waals surface area contributed by atoms with E-state index in [0.717, 1.165) is 17.5 Å². The lowest BCUT2D eigenvalue weighted by molar-refractivity contribution is 0.0288. The number of aromatic hydroxyl groups is 1. The summed E-state index contributed by atoms with van der Waals surface area (Å²) in [6, 6.07) is 3.47. The van der Waals surface area contributed by atoms with E-state index in [-0.39, 0.29) is 29.7 Å². The number of hydrogen-bond donors (Lipinski definition) is 2. The van der Waals surface area contributed by atoms with Gasteiger partial charge in [0.25, 0.3) is 5.91 Å². The van der Waals surface area contributed by atoms with Gasteiger partial charge >= 0.3 is 6.09 Å². The summed E-state index contributed by atoms with van der Waals surface area (Å²) in [6.07, 6.45) is 0.402. The molecule has 2 aliphatic rings. The third kappa shape index (κ3) is 2.92. The number of rotatable bonds is 1. The SMILES string of the molecule is CCc1cc(O)c2c(c1)[C@H]1CN(C(=O)OC(C)(C)C)C[C@@H]1NC2=O. The molecule has 0 bridgehead atoms. The van der Waals surface area contributed by atoms with Gasteiger partial charge in [-0.25, -0.2) is 4.79 Å². The number of hydrogen-bond acceptors (Lipinski definition) is 4. The second-order valence-corrected chi connectivity index (χ2v) is 7.50. The molecule has 3 rings (SSSR count). The van der Waals surface area contributed by atoms with Gasteiger partial charge in [-0.2, -0.15) is 0 Å². The molecule has 2 heterocycles. The van der Waals surface area contributed by atoms with Crippen molar-refractivity contribution in [2.24, 2.45) is 0 Å². The Morgan fingerprint density at radius 1 is 1.38 bits per heavy atom. The molecular formula is C18H24N2O4. The number of benzene rings is 1. The molecule has 2 atom stereocenters. The maximum Gasteiger partial charge on any atom is 0.410 e. The van der Waals surface area contributed by atoms with Crippen LogP contribution in [0, 0.1) is 0 Å². The molecule has 24 heavy (non-hydrogen) atoms. The molecule has 2 aliphatic heterocycles. The first-order valence-electron chi connectivity index (χ1n) is 8.34. The first kappa shape index (κ1) is 16.6. The van der Waals surface area contributed by atoms with E-state index >= 15 is 0 Å². The standard InChI is InChI=1S/C18H24N2O4/c1-5-10-6-11-12-8-20(17(23)24-18(2,3)4)9-13(12)19-16(22)15(11)14(21)7-10/h6-7,12-13,21H,5,8-9H2,1-4H3,(H,19,22)/t12-,13+/m1/s1. The quantitative estimate of drug-likeness (QED) is 0.828. The molecule has 1 aromatic carbocycles. The lowest BCUT2D eigenvalue weighted by Crippen LogP contribution is -2.44. The zero-order chi connectivity index (χ0) is 17.6. The second-order valence-electron chi connectivity index (χ2n) is 7.50. The molecule has 1 fully saturated rings.